The Labute approximate surface area is 126 Å². The molecule has 0 spiro atoms. The van der Waals surface area contributed by atoms with Gasteiger partial charge in [0.25, 0.3) is 0 Å². The van der Waals surface area contributed by atoms with Crippen LogP contribution < -0.4 is 5.32 Å². The molecule has 0 unspecified atom stereocenters. The summed E-state index contributed by atoms with van der Waals surface area (Å²) in [6.45, 7) is 0. The number of carbonyl (C=O) groups excluding carboxylic acids is 1. The van der Waals surface area contributed by atoms with Crippen LogP contribution in [0.1, 0.15) is 19.3 Å². The summed E-state index contributed by atoms with van der Waals surface area (Å²) >= 11 is 3.34. The second-order valence-electron chi connectivity index (χ2n) is 4.36. The van der Waals surface area contributed by atoms with Gasteiger partial charge < -0.3 is 5.32 Å². The van der Waals surface area contributed by atoms with Crippen molar-refractivity contribution in [3.05, 3.63) is 42.7 Å². The first kappa shape index (κ1) is 14.7. The number of alkyl halides is 1. The van der Waals surface area contributed by atoms with E-state index in [9.17, 15) is 4.79 Å². The molecular weight excluding hydrogens is 318 g/mol. The van der Waals surface area contributed by atoms with Gasteiger partial charge in [0, 0.05) is 17.3 Å². The summed E-state index contributed by atoms with van der Waals surface area (Å²) in [7, 11) is 0. The quantitative estimate of drug-likeness (QED) is 0.648. The first-order chi connectivity index (χ1) is 9.79. The second-order valence-corrected chi connectivity index (χ2v) is 5.15. The van der Waals surface area contributed by atoms with Gasteiger partial charge in [-0.05, 0) is 12.8 Å². The highest BCUT2D eigenvalue weighted by atomic mass is 79.9. The molecule has 0 aliphatic heterocycles. The zero-order chi connectivity index (χ0) is 14.2. The predicted octanol–water partition coefficient (Wildman–Crippen LogP) is 3.65. The Kier molecular flexibility index (Phi) is 5.68. The predicted molar refractivity (Wildman–Crippen MR) is 83.7 cm³/mol. The summed E-state index contributed by atoms with van der Waals surface area (Å²) in [5, 5.41) is 3.73. The summed E-state index contributed by atoms with van der Waals surface area (Å²) in [6.07, 6.45) is 5.67. The summed E-state index contributed by atoms with van der Waals surface area (Å²) < 4.78 is 0. The molecule has 1 aromatic heterocycles. The topological polar surface area (TPSA) is 54.9 Å². The van der Waals surface area contributed by atoms with Crippen molar-refractivity contribution in [2.24, 2.45) is 0 Å². The summed E-state index contributed by atoms with van der Waals surface area (Å²) in [5.74, 6) is 0.657. The van der Waals surface area contributed by atoms with E-state index in [0.717, 1.165) is 23.7 Å². The number of amides is 1. The Morgan fingerprint density at radius 3 is 2.45 bits per heavy atom. The van der Waals surface area contributed by atoms with E-state index in [4.69, 9.17) is 0 Å². The summed E-state index contributed by atoms with van der Waals surface area (Å²) in [6, 6.07) is 9.74. The smallest absolute Gasteiger partial charge is 0.224 e. The van der Waals surface area contributed by atoms with E-state index in [2.05, 4.69) is 31.2 Å². The highest BCUT2D eigenvalue weighted by Gasteiger charge is 2.04. The molecule has 0 aliphatic rings. The van der Waals surface area contributed by atoms with Gasteiger partial charge in [-0.1, -0.05) is 46.3 Å². The molecule has 0 fully saturated rings. The number of anilines is 1. The van der Waals surface area contributed by atoms with Crippen molar-refractivity contribution in [2.75, 3.05) is 10.6 Å². The van der Waals surface area contributed by atoms with Gasteiger partial charge in [0.05, 0.1) is 18.1 Å². The van der Waals surface area contributed by atoms with Crippen molar-refractivity contribution in [2.45, 2.75) is 19.3 Å². The number of halogens is 1. The van der Waals surface area contributed by atoms with Crippen LogP contribution in [0.15, 0.2) is 42.7 Å². The van der Waals surface area contributed by atoms with Crippen LogP contribution in [-0.4, -0.2) is 21.2 Å². The Bertz CT molecular complexity index is 543. The maximum Gasteiger partial charge on any atom is 0.224 e. The first-order valence-electron chi connectivity index (χ1n) is 6.53. The first-order valence-corrected chi connectivity index (χ1v) is 7.65. The van der Waals surface area contributed by atoms with Crippen LogP contribution >= 0.6 is 15.9 Å². The van der Waals surface area contributed by atoms with E-state index in [1.165, 1.54) is 0 Å². The van der Waals surface area contributed by atoms with Crippen LogP contribution in [0.4, 0.5) is 5.69 Å². The van der Waals surface area contributed by atoms with E-state index >= 15 is 0 Å². The van der Waals surface area contributed by atoms with Crippen molar-refractivity contribution in [1.82, 2.24) is 9.97 Å². The average molecular weight is 334 g/mol. The molecule has 0 aliphatic carbocycles. The van der Waals surface area contributed by atoms with E-state index in [0.29, 0.717) is 17.9 Å². The van der Waals surface area contributed by atoms with Crippen LogP contribution in [0.3, 0.4) is 0 Å². The monoisotopic (exact) mass is 333 g/mol. The number of aromatic nitrogens is 2. The minimum Gasteiger partial charge on any atom is -0.323 e. The fourth-order valence-corrected chi connectivity index (χ4v) is 2.13. The number of hydrogen-bond acceptors (Lipinski definition) is 3. The molecule has 4 nitrogen and oxygen atoms in total. The third kappa shape index (κ3) is 4.42. The third-order valence-corrected chi connectivity index (χ3v) is 3.32. The SMILES string of the molecule is O=C(CCCCBr)Nc1cnc(-c2ccccc2)nc1. The van der Waals surface area contributed by atoms with Gasteiger partial charge in [0.1, 0.15) is 0 Å². The highest BCUT2D eigenvalue weighted by Crippen LogP contribution is 2.15. The van der Waals surface area contributed by atoms with Crippen molar-refractivity contribution in [3.63, 3.8) is 0 Å². The second kappa shape index (κ2) is 7.75. The number of unbranched alkanes of at least 4 members (excludes halogenated alkanes) is 1. The van der Waals surface area contributed by atoms with Crippen LogP contribution in [0.2, 0.25) is 0 Å². The maximum absolute atomic E-state index is 11.7. The largest absolute Gasteiger partial charge is 0.323 e. The third-order valence-electron chi connectivity index (χ3n) is 2.76. The summed E-state index contributed by atoms with van der Waals surface area (Å²) in [5.41, 5.74) is 1.59. The molecule has 1 heterocycles. The molecule has 0 saturated carbocycles. The van der Waals surface area contributed by atoms with Gasteiger partial charge in [-0.25, -0.2) is 9.97 Å². The average Bonchev–Trinajstić information content (AvgIpc) is 2.49. The Morgan fingerprint density at radius 1 is 1.10 bits per heavy atom. The maximum atomic E-state index is 11.7. The van der Waals surface area contributed by atoms with E-state index in [1.807, 2.05) is 30.3 Å². The van der Waals surface area contributed by atoms with E-state index in [-0.39, 0.29) is 5.91 Å². The molecule has 104 valence electrons. The number of nitrogens with zero attached hydrogens (tertiary/aromatic N) is 2. The van der Waals surface area contributed by atoms with E-state index in [1.54, 1.807) is 12.4 Å². The molecule has 1 N–H and O–H groups in total. The van der Waals surface area contributed by atoms with Crippen molar-refractivity contribution in [1.29, 1.82) is 0 Å². The number of benzene rings is 1. The lowest BCUT2D eigenvalue weighted by Crippen LogP contribution is -2.11. The number of rotatable bonds is 6. The van der Waals surface area contributed by atoms with Gasteiger partial charge in [-0.15, -0.1) is 0 Å². The molecule has 0 bridgehead atoms. The lowest BCUT2D eigenvalue weighted by molar-refractivity contribution is -0.116. The minimum atomic E-state index is 0.00186. The molecular formula is C15H16BrN3O. The Balaban J connectivity index is 1.93. The standard InChI is InChI=1S/C15H16BrN3O/c16-9-5-4-8-14(20)19-13-10-17-15(18-11-13)12-6-2-1-3-7-12/h1-3,6-7,10-11H,4-5,8-9H2,(H,19,20). The van der Waals surface area contributed by atoms with Gasteiger partial charge in [-0.2, -0.15) is 0 Å². The normalized spacial score (nSPS) is 10.2. The fourth-order valence-electron chi connectivity index (χ4n) is 1.73. The van der Waals surface area contributed by atoms with Gasteiger partial charge in [-0.3, -0.25) is 4.79 Å². The highest BCUT2D eigenvalue weighted by molar-refractivity contribution is 9.09. The lowest BCUT2D eigenvalue weighted by atomic mass is 10.2. The van der Waals surface area contributed by atoms with Crippen molar-refractivity contribution >= 4 is 27.5 Å². The molecule has 1 amide bonds. The molecule has 2 aromatic rings. The zero-order valence-corrected chi connectivity index (χ0v) is 12.6. The zero-order valence-electron chi connectivity index (χ0n) is 11.1. The van der Waals surface area contributed by atoms with Crippen LogP contribution in [0.5, 0.6) is 0 Å². The number of hydrogen-bond donors (Lipinski definition) is 1. The summed E-state index contributed by atoms with van der Waals surface area (Å²) in [4.78, 5) is 20.2. The minimum absolute atomic E-state index is 0.00186. The Morgan fingerprint density at radius 2 is 1.80 bits per heavy atom. The van der Waals surface area contributed by atoms with Crippen molar-refractivity contribution < 1.29 is 4.79 Å². The molecule has 20 heavy (non-hydrogen) atoms. The molecule has 2 rings (SSSR count). The lowest BCUT2D eigenvalue weighted by Gasteiger charge is -2.05. The van der Waals surface area contributed by atoms with Gasteiger partial charge in [0.2, 0.25) is 5.91 Å². The molecule has 5 heteroatoms. The number of nitrogens with one attached hydrogen (secondary N) is 1. The molecule has 0 atom stereocenters. The molecule has 0 saturated heterocycles. The van der Waals surface area contributed by atoms with E-state index < -0.39 is 0 Å². The van der Waals surface area contributed by atoms with Gasteiger partial charge in [0.15, 0.2) is 5.82 Å². The fraction of sp³-hybridized carbons (Fsp3) is 0.267. The van der Waals surface area contributed by atoms with Crippen LogP contribution in [-0.2, 0) is 4.79 Å². The molecule has 0 radical (unpaired) electrons. The molecule has 1 aromatic carbocycles. The van der Waals surface area contributed by atoms with Crippen LogP contribution in [0, 0.1) is 0 Å². The Hall–Kier alpha value is -1.75. The number of carbonyl (C=O) groups is 1. The van der Waals surface area contributed by atoms with Crippen LogP contribution in [0.25, 0.3) is 11.4 Å². The van der Waals surface area contributed by atoms with Gasteiger partial charge >= 0.3 is 0 Å². The van der Waals surface area contributed by atoms with Crippen molar-refractivity contribution in [3.8, 4) is 11.4 Å².